The van der Waals surface area contributed by atoms with Crippen molar-refractivity contribution in [3.05, 3.63) is 73.7 Å². The molecule has 0 amide bonds. The second-order valence-electron chi connectivity index (χ2n) is 10.3. The second-order valence-corrected chi connectivity index (χ2v) is 22.8. The first kappa shape index (κ1) is 48.3. The summed E-state index contributed by atoms with van der Waals surface area (Å²) in [4.78, 5) is 0. The second kappa shape index (κ2) is 17.9. The zero-order valence-electron chi connectivity index (χ0n) is 24.7. The Morgan fingerprint density at radius 1 is 0.543 bits per heavy atom. The van der Waals surface area contributed by atoms with Crippen molar-refractivity contribution in [2.24, 2.45) is 0 Å². The molecule has 0 saturated heterocycles. The molecule has 1 atom stereocenters. The first-order valence-electron chi connectivity index (χ1n) is 12.6. The molecule has 0 rings (SSSR count). The van der Waals surface area contributed by atoms with Gasteiger partial charge in [0.05, 0.1) is 13.6 Å². The molecule has 0 spiro atoms. The van der Waals surface area contributed by atoms with Crippen LogP contribution in [0.3, 0.4) is 0 Å². The van der Waals surface area contributed by atoms with Crippen molar-refractivity contribution < 1.29 is 74.6 Å². The van der Waals surface area contributed by atoms with Crippen molar-refractivity contribution in [2.45, 2.75) is 86.4 Å². The van der Waals surface area contributed by atoms with Gasteiger partial charge in [0.1, 0.15) is 21.7 Å². The molecule has 0 aromatic carbocycles. The van der Waals surface area contributed by atoms with E-state index in [-0.39, 0.29) is 17.8 Å². The van der Waals surface area contributed by atoms with E-state index in [1.807, 2.05) is 6.55 Å². The van der Waals surface area contributed by atoms with Gasteiger partial charge in [-0.15, -0.1) is 39.5 Å². The highest BCUT2D eigenvalue weighted by atomic mass is 28.3. The van der Waals surface area contributed by atoms with E-state index in [9.17, 15) is 74.6 Å². The van der Waals surface area contributed by atoms with Crippen LogP contribution in [-0.2, 0) is 0 Å². The van der Waals surface area contributed by atoms with Crippen molar-refractivity contribution in [1.82, 2.24) is 0 Å². The Bertz CT molecular complexity index is 930. The predicted molar refractivity (Wildman–Crippen MR) is 153 cm³/mol. The normalized spacial score (nSPS) is 14.3. The summed E-state index contributed by atoms with van der Waals surface area (Å²) in [5, 5.41) is 0. The fraction of sp³-hybridized carbons (Fsp3) is 0.538. The maximum atomic E-state index is 12.7. The van der Waals surface area contributed by atoms with Crippen LogP contribution >= 0.6 is 0 Å². The van der Waals surface area contributed by atoms with Gasteiger partial charge in [0.2, 0.25) is 6.43 Å². The molecule has 0 aliphatic heterocycles. The van der Waals surface area contributed by atoms with Crippen molar-refractivity contribution >= 4 is 24.2 Å². The highest BCUT2D eigenvalue weighted by molar-refractivity contribution is 6.91. The molecule has 0 nitrogen and oxygen atoms in total. The predicted octanol–water partition coefficient (Wildman–Crippen LogP) is 12.5. The first-order chi connectivity index (χ1) is 20.2. The zero-order chi connectivity index (χ0) is 37.8. The Kier molecular flexibility index (Phi) is 18.8. The maximum Gasteiger partial charge on any atom is 0.398 e. The van der Waals surface area contributed by atoms with Gasteiger partial charge in [0.15, 0.2) is 0 Å². The third kappa shape index (κ3) is 17.2. The molecule has 0 aromatic rings. The summed E-state index contributed by atoms with van der Waals surface area (Å²) in [6.07, 6.45) is -28.4. The quantitative estimate of drug-likeness (QED) is 0.130. The van der Waals surface area contributed by atoms with Gasteiger partial charge in [0, 0.05) is 18.5 Å². The lowest BCUT2D eigenvalue weighted by Crippen LogP contribution is -2.55. The van der Waals surface area contributed by atoms with Gasteiger partial charge in [-0.25, -0.2) is 8.78 Å². The summed E-state index contributed by atoms with van der Waals surface area (Å²) in [7, 11) is -10.7. The SMILES string of the molecule is C=C[Si](C)(C=C)CCC(F)F.C=C[Si](C=C)(C(C)C(F)(F)F)C(C(F)(F)F)C(F)(F)F.C=C[Si](C=C)(CC(F)(F)F)CC(F)(F)F. The van der Waals surface area contributed by atoms with E-state index in [1.54, 1.807) is 11.4 Å². The van der Waals surface area contributed by atoms with Crippen LogP contribution in [0.2, 0.25) is 35.8 Å². The van der Waals surface area contributed by atoms with Crippen LogP contribution in [0.15, 0.2) is 73.7 Å². The molecule has 0 saturated carbocycles. The molecule has 0 aliphatic rings. The summed E-state index contributed by atoms with van der Waals surface area (Å²) in [5.74, 6) is 0. The Labute approximate surface area is 259 Å². The molecular formula is C26H35F17Si3. The minimum Gasteiger partial charge on any atom is -0.211 e. The van der Waals surface area contributed by atoms with E-state index in [4.69, 9.17) is 0 Å². The molecule has 46 heavy (non-hydrogen) atoms. The number of hydrogen-bond acceptors (Lipinski definition) is 0. The van der Waals surface area contributed by atoms with Crippen LogP contribution in [0.4, 0.5) is 74.6 Å². The number of alkyl halides is 17. The largest absolute Gasteiger partial charge is 0.398 e. The van der Waals surface area contributed by atoms with E-state index in [0.717, 1.165) is 11.4 Å². The van der Waals surface area contributed by atoms with Gasteiger partial charge in [-0.1, -0.05) is 47.7 Å². The minimum atomic E-state index is -5.87. The average molecular weight is 755 g/mol. The number of halogens is 17. The molecule has 1 unspecified atom stereocenters. The molecular weight excluding hydrogens is 720 g/mol. The minimum absolute atomic E-state index is 0.0270. The van der Waals surface area contributed by atoms with Crippen LogP contribution in [0, 0.1) is 0 Å². The van der Waals surface area contributed by atoms with Gasteiger partial charge < -0.3 is 0 Å². The summed E-state index contributed by atoms with van der Waals surface area (Å²) < 4.78 is 210. The van der Waals surface area contributed by atoms with Gasteiger partial charge in [0.25, 0.3) is 0 Å². The Hall–Kier alpha value is -2.10. The van der Waals surface area contributed by atoms with E-state index in [0.29, 0.717) is 13.0 Å². The Balaban J connectivity index is -0.000000631. The third-order valence-corrected chi connectivity index (χ3v) is 18.7. The molecule has 0 N–H and O–H groups in total. The first-order valence-corrected chi connectivity index (χ1v) is 20.4. The van der Waals surface area contributed by atoms with E-state index in [1.165, 1.54) is 0 Å². The number of hydrogen-bond donors (Lipinski definition) is 0. The summed E-state index contributed by atoms with van der Waals surface area (Å²) in [6, 6.07) is -2.38. The highest BCUT2D eigenvalue weighted by Crippen LogP contribution is 2.56. The van der Waals surface area contributed by atoms with Gasteiger partial charge >= 0.3 is 30.9 Å². The van der Waals surface area contributed by atoms with Crippen molar-refractivity contribution in [3.63, 3.8) is 0 Å². The summed E-state index contributed by atoms with van der Waals surface area (Å²) in [5.41, 5.74) is -1.49. The lowest BCUT2D eigenvalue weighted by atomic mass is 10.4. The van der Waals surface area contributed by atoms with Crippen LogP contribution in [0.1, 0.15) is 13.3 Å². The van der Waals surface area contributed by atoms with Gasteiger partial charge in [-0.2, -0.15) is 65.9 Å². The van der Waals surface area contributed by atoms with Crippen molar-refractivity contribution in [1.29, 1.82) is 0 Å². The smallest absolute Gasteiger partial charge is 0.211 e. The molecule has 0 aliphatic carbocycles. The molecule has 20 heteroatoms. The summed E-state index contributed by atoms with van der Waals surface area (Å²) >= 11 is 0. The standard InChI is InChI=1S/C10H11F9Si.C8H10F6Si.C8H14F2Si/c1-4-20(5-2,6(3)8(11,12)13)7(9(14,15)16)10(17,18)19;1-3-15(4-2,5-7(9,10)11)6-8(12,13)14;1-4-11(3,5-2)7-6-8(9)10/h4-7H,1-2H2,3H3;3-4H,1-2,5-6H2;4-5,8H,1-2,6-7H2,3H3. The monoisotopic (exact) mass is 754 g/mol. The third-order valence-electron chi connectivity index (χ3n) is 6.81. The van der Waals surface area contributed by atoms with E-state index >= 15 is 0 Å². The highest BCUT2D eigenvalue weighted by Gasteiger charge is 2.70. The van der Waals surface area contributed by atoms with Gasteiger partial charge in [-0.3, -0.25) is 0 Å². The van der Waals surface area contributed by atoms with Crippen molar-refractivity contribution in [3.8, 4) is 0 Å². The zero-order valence-corrected chi connectivity index (χ0v) is 27.7. The molecule has 270 valence electrons. The summed E-state index contributed by atoms with van der Waals surface area (Å²) in [6.45, 7) is 21.2. The van der Waals surface area contributed by atoms with Crippen molar-refractivity contribution in [2.75, 3.05) is 0 Å². The maximum absolute atomic E-state index is 12.7. The van der Waals surface area contributed by atoms with Crippen LogP contribution in [0.5, 0.6) is 0 Å². The Morgan fingerprint density at radius 3 is 1.04 bits per heavy atom. The Morgan fingerprint density at radius 2 is 0.870 bits per heavy atom. The van der Waals surface area contributed by atoms with E-state index < -0.39 is 84.7 Å². The number of rotatable bonds is 13. The fourth-order valence-electron chi connectivity index (χ4n) is 3.85. The molecule has 0 radical (unpaired) electrons. The fourth-order valence-corrected chi connectivity index (χ4v) is 11.2. The molecule has 0 aromatic heterocycles. The van der Waals surface area contributed by atoms with Crippen LogP contribution in [-0.4, -0.2) is 61.5 Å². The van der Waals surface area contributed by atoms with Gasteiger partial charge in [-0.05, 0) is 6.04 Å². The lowest BCUT2D eigenvalue weighted by Gasteiger charge is -2.40. The topological polar surface area (TPSA) is 0 Å². The van der Waals surface area contributed by atoms with E-state index in [2.05, 4.69) is 39.5 Å². The molecule has 0 bridgehead atoms. The van der Waals surface area contributed by atoms with Crippen LogP contribution in [0.25, 0.3) is 0 Å². The molecule has 0 heterocycles. The lowest BCUT2D eigenvalue weighted by molar-refractivity contribution is -0.234. The van der Waals surface area contributed by atoms with Crippen LogP contribution < -0.4 is 0 Å². The molecule has 0 fully saturated rings. The average Bonchev–Trinajstić information content (AvgIpc) is 2.86.